The SMILES string of the molecule is Cc1oc(-c2ccco2)nc1CC(=O)N(C(C)C)C1CCCC1. The van der Waals surface area contributed by atoms with Gasteiger partial charge in [-0.3, -0.25) is 4.79 Å². The van der Waals surface area contributed by atoms with Crippen molar-refractivity contribution in [3.05, 3.63) is 29.9 Å². The Labute approximate surface area is 136 Å². The van der Waals surface area contributed by atoms with Crippen molar-refractivity contribution in [3.8, 4) is 11.7 Å². The normalized spacial score (nSPS) is 15.5. The molecule has 1 fully saturated rings. The lowest BCUT2D eigenvalue weighted by Crippen LogP contribution is -2.44. The summed E-state index contributed by atoms with van der Waals surface area (Å²) in [7, 11) is 0. The molecule has 0 aliphatic heterocycles. The van der Waals surface area contributed by atoms with Crippen LogP contribution < -0.4 is 0 Å². The standard InChI is InChI=1S/C18H24N2O3/c1-12(2)20(14-7-4-5-8-14)17(21)11-15-13(3)23-18(19-15)16-9-6-10-22-16/h6,9-10,12,14H,4-5,7-8,11H2,1-3H3. The van der Waals surface area contributed by atoms with Gasteiger partial charge in [-0.1, -0.05) is 12.8 Å². The van der Waals surface area contributed by atoms with Gasteiger partial charge in [0.2, 0.25) is 5.91 Å². The van der Waals surface area contributed by atoms with Gasteiger partial charge in [0.05, 0.1) is 18.4 Å². The molecule has 5 nitrogen and oxygen atoms in total. The molecule has 3 rings (SSSR count). The number of aryl methyl sites for hydroxylation is 1. The number of furan rings is 1. The molecule has 0 atom stereocenters. The van der Waals surface area contributed by atoms with Crippen LogP contribution in [0.25, 0.3) is 11.7 Å². The zero-order chi connectivity index (χ0) is 16.4. The van der Waals surface area contributed by atoms with Crippen LogP contribution >= 0.6 is 0 Å². The molecule has 1 saturated carbocycles. The minimum atomic E-state index is 0.134. The van der Waals surface area contributed by atoms with Crippen LogP contribution in [-0.2, 0) is 11.2 Å². The first-order valence-electron chi connectivity index (χ1n) is 8.37. The van der Waals surface area contributed by atoms with Gasteiger partial charge in [-0.25, -0.2) is 4.98 Å². The van der Waals surface area contributed by atoms with Crippen molar-refractivity contribution < 1.29 is 13.6 Å². The maximum atomic E-state index is 12.8. The second kappa shape index (κ2) is 6.60. The largest absolute Gasteiger partial charge is 0.459 e. The van der Waals surface area contributed by atoms with Gasteiger partial charge in [-0.05, 0) is 45.7 Å². The summed E-state index contributed by atoms with van der Waals surface area (Å²) in [5.74, 6) is 1.84. The van der Waals surface area contributed by atoms with E-state index in [-0.39, 0.29) is 18.4 Å². The number of hydrogen-bond donors (Lipinski definition) is 0. The van der Waals surface area contributed by atoms with Crippen molar-refractivity contribution in [1.29, 1.82) is 0 Å². The smallest absolute Gasteiger partial charge is 0.263 e. The predicted molar refractivity (Wildman–Crippen MR) is 86.9 cm³/mol. The average molecular weight is 316 g/mol. The molecular weight excluding hydrogens is 292 g/mol. The number of rotatable bonds is 5. The van der Waals surface area contributed by atoms with Crippen LogP contribution in [0.15, 0.2) is 27.2 Å². The Kier molecular flexibility index (Phi) is 4.55. The Morgan fingerprint density at radius 2 is 2.13 bits per heavy atom. The molecule has 2 aromatic heterocycles. The highest BCUT2D eigenvalue weighted by atomic mass is 16.4. The van der Waals surface area contributed by atoms with Gasteiger partial charge < -0.3 is 13.7 Å². The van der Waals surface area contributed by atoms with Gasteiger partial charge in [-0.15, -0.1) is 0 Å². The van der Waals surface area contributed by atoms with Crippen molar-refractivity contribution in [2.75, 3.05) is 0 Å². The molecule has 0 spiro atoms. The molecule has 0 saturated heterocycles. The second-order valence-corrected chi connectivity index (χ2v) is 6.51. The maximum absolute atomic E-state index is 12.8. The van der Waals surface area contributed by atoms with Crippen molar-refractivity contribution in [2.45, 2.75) is 65.0 Å². The molecule has 124 valence electrons. The number of carbonyl (C=O) groups excluding carboxylic acids is 1. The summed E-state index contributed by atoms with van der Waals surface area (Å²) in [6.07, 6.45) is 6.52. The fourth-order valence-electron chi connectivity index (χ4n) is 3.43. The van der Waals surface area contributed by atoms with Crippen LogP contribution in [0.5, 0.6) is 0 Å². The average Bonchev–Trinajstić information content (AvgIpc) is 3.21. The third kappa shape index (κ3) is 3.33. The summed E-state index contributed by atoms with van der Waals surface area (Å²) in [4.78, 5) is 19.3. The third-order valence-electron chi connectivity index (χ3n) is 4.51. The fraction of sp³-hybridized carbons (Fsp3) is 0.556. The van der Waals surface area contributed by atoms with Crippen LogP contribution in [0.2, 0.25) is 0 Å². The number of amides is 1. The van der Waals surface area contributed by atoms with Gasteiger partial charge in [0.1, 0.15) is 5.76 Å². The van der Waals surface area contributed by atoms with Gasteiger partial charge in [0.25, 0.3) is 5.89 Å². The van der Waals surface area contributed by atoms with Crippen LogP contribution in [0.4, 0.5) is 0 Å². The molecule has 0 radical (unpaired) electrons. The van der Waals surface area contributed by atoms with Crippen molar-refractivity contribution >= 4 is 5.91 Å². The molecular formula is C18H24N2O3. The van der Waals surface area contributed by atoms with Crippen LogP contribution in [0.1, 0.15) is 51.0 Å². The fourth-order valence-corrected chi connectivity index (χ4v) is 3.43. The molecule has 0 unspecified atom stereocenters. The van der Waals surface area contributed by atoms with Crippen LogP contribution in [0, 0.1) is 6.92 Å². The lowest BCUT2D eigenvalue weighted by Gasteiger charge is -2.32. The van der Waals surface area contributed by atoms with E-state index in [2.05, 4.69) is 18.8 Å². The first-order chi connectivity index (χ1) is 11.1. The topological polar surface area (TPSA) is 59.5 Å². The number of carbonyl (C=O) groups is 1. The predicted octanol–water partition coefficient (Wildman–Crippen LogP) is 3.97. The zero-order valence-corrected chi connectivity index (χ0v) is 14.0. The molecule has 5 heteroatoms. The summed E-state index contributed by atoms with van der Waals surface area (Å²) in [6, 6.07) is 4.18. The zero-order valence-electron chi connectivity index (χ0n) is 14.0. The van der Waals surface area contributed by atoms with E-state index in [1.54, 1.807) is 18.4 Å². The minimum Gasteiger partial charge on any atom is -0.459 e. The highest BCUT2D eigenvalue weighted by Gasteiger charge is 2.29. The molecule has 2 heterocycles. The van der Waals surface area contributed by atoms with E-state index < -0.39 is 0 Å². The first-order valence-corrected chi connectivity index (χ1v) is 8.37. The summed E-state index contributed by atoms with van der Waals surface area (Å²) in [5, 5.41) is 0. The van der Waals surface area contributed by atoms with Crippen LogP contribution in [-0.4, -0.2) is 27.9 Å². The molecule has 1 amide bonds. The molecule has 0 aromatic carbocycles. The maximum Gasteiger partial charge on any atom is 0.263 e. The quantitative estimate of drug-likeness (QED) is 0.837. The summed E-state index contributed by atoms with van der Waals surface area (Å²) >= 11 is 0. The Morgan fingerprint density at radius 1 is 1.39 bits per heavy atom. The minimum absolute atomic E-state index is 0.134. The van der Waals surface area contributed by atoms with Gasteiger partial charge in [-0.2, -0.15) is 0 Å². The van der Waals surface area contributed by atoms with Crippen LogP contribution in [0.3, 0.4) is 0 Å². The summed E-state index contributed by atoms with van der Waals surface area (Å²) in [6.45, 7) is 6.01. The van der Waals surface area contributed by atoms with E-state index in [0.717, 1.165) is 12.8 Å². The molecule has 1 aliphatic carbocycles. The van der Waals surface area contributed by atoms with E-state index in [0.29, 0.717) is 29.1 Å². The molecule has 1 aliphatic rings. The highest BCUT2D eigenvalue weighted by Crippen LogP contribution is 2.27. The van der Waals surface area contributed by atoms with E-state index in [4.69, 9.17) is 8.83 Å². The summed E-state index contributed by atoms with van der Waals surface area (Å²) in [5.41, 5.74) is 0.699. The van der Waals surface area contributed by atoms with Crippen molar-refractivity contribution in [2.24, 2.45) is 0 Å². The van der Waals surface area contributed by atoms with E-state index in [9.17, 15) is 4.79 Å². The Morgan fingerprint density at radius 3 is 2.74 bits per heavy atom. The van der Waals surface area contributed by atoms with Gasteiger partial charge in [0.15, 0.2) is 5.76 Å². The molecule has 2 aromatic rings. The van der Waals surface area contributed by atoms with Crippen molar-refractivity contribution in [3.63, 3.8) is 0 Å². The van der Waals surface area contributed by atoms with E-state index in [1.807, 2.05) is 11.8 Å². The second-order valence-electron chi connectivity index (χ2n) is 6.51. The van der Waals surface area contributed by atoms with E-state index in [1.165, 1.54) is 12.8 Å². The van der Waals surface area contributed by atoms with E-state index >= 15 is 0 Å². The third-order valence-corrected chi connectivity index (χ3v) is 4.51. The number of nitrogens with zero attached hydrogens (tertiary/aromatic N) is 2. The van der Waals surface area contributed by atoms with Gasteiger partial charge >= 0.3 is 0 Å². The number of hydrogen-bond acceptors (Lipinski definition) is 4. The number of oxazole rings is 1. The molecule has 0 bridgehead atoms. The Bertz CT molecular complexity index is 652. The Hall–Kier alpha value is -2.04. The van der Waals surface area contributed by atoms with Gasteiger partial charge in [0, 0.05) is 12.1 Å². The molecule has 23 heavy (non-hydrogen) atoms. The Balaban J connectivity index is 1.76. The monoisotopic (exact) mass is 316 g/mol. The first kappa shape index (κ1) is 15.8. The highest BCUT2D eigenvalue weighted by molar-refractivity contribution is 5.79. The van der Waals surface area contributed by atoms with Crippen molar-refractivity contribution in [1.82, 2.24) is 9.88 Å². The number of aromatic nitrogens is 1. The molecule has 0 N–H and O–H groups in total. The lowest BCUT2D eigenvalue weighted by molar-refractivity contribution is -0.134. The summed E-state index contributed by atoms with van der Waals surface area (Å²) < 4.78 is 11.0. The lowest BCUT2D eigenvalue weighted by atomic mass is 10.1.